The number of aliphatic hydroxyl groups is 1. The van der Waals surface area contributed by atoms with Crippen LogP contribution in [0.3, 0.4) is 0 Å². The Morgan fingerprint density at radius 1 is 1.46 bits per heavy atom. The number of azo groups is 1. The first-order valence-corrected chi connectivity index (χ1v) is 4.23. The van der Waals surface area contributed by atoms with Gasteiger partial charge in [-0.25, -0.2) is 9.97 Å². The molecular weight excluding hydrogens is 192 g/mol. The summed E-state index contributed by atoms with van der Waals surface area (Å²) in [4.78, 5) is 7.81. The Morgan fingerprint density at radius 3 is 3.08 bits per heavy atom. The minimum Gasteiger partial charge on any atom is -0.396 e. The summed E-state index contributed by atoms with van der Waals surface area (Å²) in [5, 5.41) is 16.8. The van der Waals surface area contributed by atoms with Gasteiger partial charge < -0.3 is 5.11 Å². The minimum absolute atomic E-state index is 0.0603. The summed E-state index contributed by atoms with van der Waals surface area (Å²) in [6.45, 7) is 0.0603. The summed E-state index contributed by atoms with van der Waals surface area (Å²) in [6, 6.07) is -0.166. The molecule has 0 amide bonds. The van der Waals surface area contributed by atoms with Gasteiger partial charge in [0.1, 0.15) is 18.1 Å². The molecule has 6 heteroatoms. The quantitative estimate of drug-likeness (QED) is 0.735. The van der Waals surface area contributed by atoms with Crippen molar-refractivity contribution in [1.29, 1.82) is 0 Å². The highest BCUT2D eigenvalue weighted by atomic mass is 35.5. The van der Waals surface area contributed by atoms with Crippen LogP contribution in [0, 0.1) is 0 Å². The maximum atomic E-state index is 8.74. The first kappa shape index (κ1) is 8.52. The van der Waals surface area contributed by atoms with Crippen LogP contribution in [0.1, 0.15) is 18.2 Å². The SMILES string of the molecule is OCC[C@H]1N=Nc2c(Cl)ncnc21. The molecule has 2 rings (SSSR count). The lowest BCUT2D eigenvalue weighted by atomic mass is 10.1. The number of hydrogen-bond acceptors (Lipinski definition) is 5. The second-order valence-electron chi connectivity index (χ2n) is 2.64. The number of rotatable bonds is 2. The molecule has 2 heterocycles. The third-order valence-corrected chi connectivity index (χ3v) is 2.10. The lowest BCUT2D eigenvalue weighted by Crippen LogP contribution is -1.98. The molecule has 1 aromatic rings. The predicted molar refractivity (Wildman–Crippen MR) is 46.0 cm³/mol. The van der Waals surface area contributed by atoms with E-state index in [9.17, 15) is 0 Å². The summed E-state index contributed by atoms with van der Waals surface area (Å²) in [7, 11) is 0. The lowest BCUT2D eigenvalue weighted by Gasteiger charge is -2.03. The number of aliphatic hydroxyl groups excluding tert-OH is 1. The molecule has 0 spiro atoms. The fourth-order valence-electron chi connectivity index (χ4n) is 1.20. The zero-order chi connectivity index (χ0) is 9.26. The summed E-state index contributed by atoms with van der Waals surface area (Å²) >= 11 is 5.77. The Labute approximate surface area is 79.5 Å². The number of halogens is 1. The molecule has 0 unspecified atom stereocenters. The average Bonchev–Trinajstić information content (AvgIpc) is 2.51. The maximum Gasteiger partial charge on any atom is 0.160 e. The van der Waals surface area contributed by atoms with Crippen LogP contribution in [-0.4, -0.2) is 21.7 Å². The van der Waals surface area contributed by atoms with Crippen molar-refractivity contribution in [3.05, 3.63) is 17.2 Å². The minimum atomic E-state index is -0.166. The summed E-state index contributed by atoms with van der Waals surface area (Å²) in [5.74, 6) is 0. The molecule has 13 heavy (non-hydrogen) atoms. The second-order valence-corrected chi connectivity index (χ2v) is 3.00. The van der Waals surface area contributed by atoms with Crippen molar-refractivity contribution in [3.63, 3.8) is 0 Å². The van der Waals surface area contributed by atoms with Crippen LogP contribution in [0.4, 0.5) is 5.69 Å². The van der Waals surface area contributed by atoms with Crippen LogP contribution < -0.4 is 0 Å². The normalized spacial score (nSPS) is 19.1. The Hall–Kier alpha value is -1.07. The molecule has 0 fully saturated rings. The Balaban J connectivity index is 2.37. The zero-order valence-corrected chi connectivity index (χ0v) is 7.44. The molecular formula is C7H7ClN4O. The summed E-state index contributed by atoms with van der Waals surface area (Å²) in [5.41, 5.74) is 1.23. The smallest absolute Gasteiger partial charge is 0.160 e. The molecule has 0 saturated carbocycles. The highest BCUT2D eigenvalue weighted by Crippen LogP contribution is 2.38. The van der Waals surface area contributed by atoms with Gasteiger partial charge in [0.05, 0.1) is 5.69 Å². The third-order valence-electron chi connectivity index (χ3n) is 1.82. The van der Waals surface area contributed by atoms with Gasteiger partial charge in [-0.15, -0.1) is 0 Å². The van der Waals surface area contributed by atoms with Crippen molar-refractivity contribution in [3.8, 4) is 0 Å². The number of aromatic nitrogens is 2. The van der Waals surface area contributed by atoms with Gasteiger partial charge in [0.25, 0.3) is 0 Å². The molecule has 1 atom stereocenters. The third kappa shape index (κ3) is 1.40. The fourth-order valence-corrected chi connectivity index (χ4v) is 1.38. The van der Waals surface area contributed by atoms with Gasteiger partial charge in [0.15, 0.2) is 5.15 Å². The van der Waals surface area contributed by atoms with Crippen LogP contribution in [0.5, 0.6) is 0 Å². The van der Waals surface area contributed by atoms with E-state index in [4.69, 9.17) is 16.7 Å². The van der Waals surface area contributed by atoms with E-state index >= 15 is 0 Å². The van der Waals surface area contributed by atoms with E-state index in [2.05, 4.69) is 20.2 Å². The van der Waals surface area contributed by atoms with Crippen LogP contribution in [-0.2, 0) is 0 Å². The molecule has 0 aromatic carbocycles. The zero-order valence-electron chi connectivity index (χ0n) is 6.68. The second kappa shape index (κ2) is 3.35. The molecule has 0 radical (unpaired) electrons. The van der Waals surface area contributed by atoms with Crippen LogP contribution in [0.15, 0.2) is 16.6 Å². The van der Waals surface area contributed by atoms with Crippen molar-refractivity contribution < 1.29 is 5.11 Å². The molecule has 68 valence electrons. The molecule has 0 aliphatic carbocycles. The van der Waals surface area contributed by atoms with E-state index in [0.29, 0.717) is 23.0 Å². The van der Waals surface area contributed by atoms with E-state index in [1.54, 1.807) is 0 Å². The maximum absolute atomic E-state index is 8.74. The highest BCUT2D eigenvalue weighted by molar-refractivity contribution is 6.31. The number of nitrogens with zero attached hydrogens (tertiary/aromatic N) is 4. The van der Waals surface area contributed by atoms with Gasteiger partial charge in [-0.1, -0.05) is 11.6 Å². The molecule has 0 bridgehead atoms. The largest absolute Gasteiger partial charge is 0.396 e. The average molecular weight is 199 g/mol. The fraction of sp³-hybridized carbons (Fsp3) is 0.429. The van der Waals surface area contributed by atoms with Gasteiger partial charge in [-0.05, 0) is 0 Å². The molecule has 5 nitrogen and oxygen atoms in total. The van der Waals surface area contributed by atoms with E-state index in [1.165, 1.54) is 6.33 Å². The van der Waals surface area contributed by atoms with Crippen LogP contribution in [0.2, 0.25) is 5.15 Å². The van der Waals surface area contributed by atoms with Crippen molar-refractivity contribution in [2.75, 3.05) is 6.61 Å². The van der Waals surface area contributed by atoms with Gasteiger partial charge in [0, 0.05) is 13.0 Å². The monoisotopic (exact) mass is 198 g/mol. The first-order chi connectivity index (χ1) is 6.33. The molecule has 1 aliphatic heterocycles. The first-order valence-electron chi connectivity index (χ1n) is 3.85. The van der Waals surface area contributed by atoms with Crippen molar-refractivity contribution in [1.82, 2.24) is 9.97 Å². The Bertz CT molecular complexity index is 354. The molecule has 1 aliphatic rings. The van der Waals surface area contributed by atoms with Gasteiger partial charge in [-0.2, -0.15) is 10.2 Å². The number of fused-ring (bicyclic) bond motifs is 1. The van der Waals surface area contributed by atoms with E-state index in [-0.39, 0.29) is 12.6 Å². The standard InChI is InChI=1S/C7H7ClN4O/c8-7-6-5(9-3-10-7)4(1-2-13)11-12-6/h3-4,13H,1-2H2/t4-/m1/s1. The Morgan fingerprint density at radius 2 is 2.31 bits per heavy atom. The van der Waals surface area contributed by atoms with E-state index in [0.717, 1.165) is 0 Å². The molecule has 1 N–H and O–H groups in total. The van der Waals surface area contributed by atoms with Gasteiger partial charge in [0.2, 0.25) is 0 Å². The van der Waals surface area contributed by atoms with Gasteiger partial charge in [-0.3, -0.25) is 0 Å². The molecule has 0 saturated heterocycles. The Kier molecular flexibility index (Phi) is 2.20. The molecule has 1 aromatic heterocycles. The highest BCUT2D eigenvalue weighted by Gasteiger charge is 2.24. The van der Waals surface area contributed by atoms with Crippen LogP contribution in [0.25, 0.3) is 0 Å². The van der Waals surface area contributed by atoms with Crippen molar-refractivity contribution in [2.45, 2.75) is 12.5 Å². The van der Waals surface area contributed by atoms with Crippen LogP contribution >= 0.6 is 11.6 Å². The van der Waals surface area contributed by atoms with Crippen molar-refractivity contribution in [2.24, 2.45) is 10.2 Å². The van der Waals surface area contributed by atoms with Gasteiger partial charge >= 0.3 is 0 Å². The summed E-state index contributed by atoms with van der Waals surface area (Å²) < 4.78 is 0. The topological polar surface area (TPSA) is 70.7 Å². The predicted octanol–water partition coefficient (Wildman–Crippen LogP) is 1.65. The lowest BCUT2D eigenvalue weighted by molar-refractivity contribution is 0.276. The van der Waals surface area contributed by atoms with E-state index < -0.39 is 0 Å². The number of hydrogen-bond donors (Lipinski definition) is 1. The summed E-state index contributed by atoms with van der Waals surface area (Å²) in [6.07, 6.45) is 1.89. The van der Waals surface area contributed by atoms with E-state index in [1.807, 2.05) is 0 Å². The van der Waals surface area contributed by atoms with Crippen molar-refractivity contribution >= 4 is 17.3 Å².